The number of carbonyl (C=O) groups excluding carboxylic acids is 1. The predicted molar refractivity (Wildman–Crippen MR) is 96.7 cm³/mol. The van der Waals surface area contributed by atoms with E-state index in [4.69, 9.17) is 9.15 Å². The van der Waals surface area contributed by atoms with Gasteiger partial charge in [0.05, 0.1) is 12.0 Å². The Morgan fingerprint density at radius 1 is 1.39 bits per heavy atom. The Hall–Kier alpha value is -1.46. The lowest BCUT2D eigenvalue weighted by molar-refractivity contribution is 0.106. The fourth-order valence-electron chi connectivity index (χ4n) is 2.42. The highest BCUT2D eigenvalue weighted by molar-refractivity contribution is 8.14. The molecule has 1 aromatic carbocycles. The van der Waals surface area contributed by atoms with Crippen LogP contribution in [0.5, 0.6) is 5.75 Å². The summed E-state index contributed by atoms with van der Waals surface area (Å²) in [5.74, 6) is 1.96. The van der Waals surface area contributed by atoms with Crippen molar-refractivity contribution in [3.63, 3.8) is 0 Å². The van der Waals surface area contributed by atoms with Gasteiger partial charge in [-0.25, -0.2) is 0 Å². The standard InChI is InChI=1S/C18H25NO3S/c1-5-23-18(20)17-13(4)16-14(8-6-9-15(16)22-17)21-11-7-10-19-12(2)3/h6,8-9,12,19H,5,7,10-11H2,1-4H3. The summed E-state index contributed by atoms with van der Waals surface area (Å²) in [5, 5.41) is 4.25. The van der Waals surface area contributed by atoms with E-state index in [0.29, 0.717) is 24.0 Å². The van der Waals surface area contributed by atoms with Crippen molar-refractivity contribution in [3.8, 4) is 5.75 Å². The number of carbonyl (C=O) groups is 1. The van der Waals surface area contributed by atoms with Gasteiger partial charge in [0.25, 0.3) is 5.12 Å². The maximum absolute atomic E-state index is 12.1. The van der Waals surface area contributed by atoms with Crippen LogP contribution >= 0.6 is 11.8 Å². The number of hydrogen-bond donors (Lipinski definition) is 1. The number of thioether (sulfide) groups is 1. The highest BCUT2D eigenvalue weighted by Gasteiger charge is 2.20. The second-order valence-corrected chi connectivity index (χ2v) is 6.95. The average Bonchev–Trinajstić information content (AvgIpc) is 2.85. The molecule has 0 aliphatic heterocycles. The van der Waals surface area contributed by atoms with Gasteiger partial charge in [0.2, 0.25) is 0 Å². The van der Waals surface area contributed by atoms with Gasteiger partial charge in [-0.05, 0) is 37.8 Å². The van der Waals surface area contributed by atoms with Crippen LogP contribution in [-0.4, -0.2) is 30.1 Å². The third-order valence-corrected chi connectivity index (χ3v) is 4.24. The summed E-state index contributed by atoms with van der Waals surface area (Å²) < 4.78 is 11.7. The van der Waals surface area contributed by atoms with Gasteiger partial charge in [0.15, 0.2) is 5.76 Å². The van der Waals surface area contributed by atoms with Crippen LogP contribution in [0.25, 0.3) is 11.0 Å². The second-order valence-electron chi connectivity index (χ2n) is 5.72. The van der Waals surface area contributed by atoms with Crippen molar-refractivity contribution in [1.82, 2.24) is 5.32 Å². The van der Waals surface area contributed by atoms with E-state index in [1.54, 1.807) is 0 Å². The third-order valence-electron chi connectivity index (χ3n) is 3.51. The normalized spacial score (nSPS) is 11.3. The first-order chi connectivity index (χ1) is 11.0. The van der Waals surface area contributed by atoms with Gasteiger partial charge in [0, 0.05) is 11.6 Å². The molecule has 5 heteroatoms. The van der Waals surface area contributed by atoms with Crippen LogP contribution in [-0.2, 0) is 0 Å². The Morgan fingerprint density at radius 3 is 2.87 bits per heavy atom. The Labute approximate surface area is 142 Å². The minimum absolute atomic E-state index is 0.0201. The van der Waals surface area contributed by atoms with Crippen LogP contribution in [0.15, 0.2) is 22.6 Å². The highest BCUT2D eigenvalue weighted by atomic mass is 32.2. The Balaban J connectivity index is 2.13. The van der Waals surface area contributed by atoms with Crippen LogP contribution in [0.1, 0.15) is 43.3 Å². The van der Waals surface area contributed by atoms with Gasteiger partial charge < -0.3 is 14.5 Å². The lowest BCUT2D eigenvalue weighted by Gasteiger charge is -2.10. The summed E-state index contributed by atoms with van der Waals surface area (Å²) in [6.07, 6.45) is 0.933. The molecule has 23 heavy (non-hydrogen) atoms. The molecule has 0 amide bonds. The fourth-order valence-corrected chi connectivity index (χ4v) is 3.01. The molecule has 2 rings (SSSR count). The number of furan rings is 1. The molecule has 0 aliphatic rings. The van der Waals surface area contributed by atoms with E-state index < -0.39 is 0 Å². The zero-order chi connectivity index (χ0) is 16.8. The minimum atomic E-state index is -0.0201. The molecule has 0 fully saturated rings. The quantitative estimate of drug-likeness (QED) is 0.725. The van der Waals surface area contributed by atoms with Crippen molar-refractivity contribution in [3.05, 3.63) is 29.5 Å². The monoisotopic (exact) mass is 335 g/mol. The van der Waals surface area contributed by atoms with Crippen LogP contribution in [0.3, 0.4) is 0 Å². The first-order valence-electron chi connectivity index (χ1n) is 8.10. The van der Waals surface area contributed by atoms with E-state index >= 15 is 0 Å². The van der Waals surface area contributed by atoms with Crippen LogP contribution < -0.4 is 10.1 Å². The molecule has 4 nitrogen and oxygen atoms in total. The SMILES string of the molecule is CCSC(=O)c1oc2cccc(OCCCNC(C)C)c2c1C. The van der Waals surface area contributed by atoms with Crippen LogP contribution in [0.4, 0.5) is 0 Å². The summed E-state index contributed by atoms with van der Waals surface area (Å²) in [4.78, 5) is 12.1. The number of benzene rings is 1. The van der Waals surface area contributed by atoms with E-state index in [0.717, 1.165) is 35.4 Å². The first kappa shape index (κ1) is 17.9. The number of rotatable bonds is 8. The smallest absolute Gasteiger partial charge is 0.254 e. The summed E-state index contributed by atoms with van der Waals surface area (Å²) in [5.41, 5.74) is 1.57. The van der Waals surface area contributed by atoms with Gasteiger partial charge >= 0.3 is 0 Å². The Morgan fingerprint density at radius 2 is 2.17 bits per heavy atom. The lowest BCUT2D eigenvalue weighted by Crippen LogP contribution is -2.24. The van der Waals surface area contributed by atoms with Crippen molar-refractivity contribution in [2.75, 3.05) is 18.9 Å². The number of fused-ring (bicyclic) bond motifs is 1. The summed E-state index contributed by atoms with van der Waals surface area (Å²) >= 11 is 1.27. The number of nitrogens with one attached hydrogen (secondary N) is 1. The molecule has 0 saturated heterocycles. The molecule has 2 aromatic rings. The molecule has 0 spiro atoms. The molecule has 0 unspecified atom stereocenters. The van der Waals surface area contributed by atoms with Crippen molar-refractivity contribution in [2.24, 2.45) is 0 Å². The average molecular weight is 335 g/mol. The molecule has 0 atom stereocenters. The predicted octanol–water partition coefficient (Wildman–Crippen LogP) is 4.40. The van der Waals surface area contributed by atoms with Crippen LogP contribution in [0.2, 0.25) is 0 Å². The third kappa shape index (κ3) is 4.52. The first-order valence-corrected chi connectivity index (χ1v) is 9.08. The minimum Gasteiger partial charge on any atom is -0.493 e. The van der Waals surface area contributed by atoms with E-state index in [9.17, 15) is 4.79 Å². The molecule has 0 radical (unpaired) electrons. The van der Waals surface area contributed by atoms with Gasteiger partial charge in [-0.3, -0.25) is 4.79 Å². The topological polar surface area (TPSA) is 51.5 Å². The number of hydrogen-bond acceptors (Lipinski definition) is 5. The van der Waals surface area contributed by atoms with Crippen molar-refractivity contribution >= 4 is 27.8 Å². The summed E-state index contributed by atoms with van der Waals surface area (Å²) in [6, 6.07) is 6.19. The zero-order valence-electron chi connectivity index (χ0n) is 14.3. The van der Waals surface area contributed by atoms with Gasteiger partial charge in [0.1, 0.15) is 11.3 Å². The van der Waals surface area contributed by atoms with Crippen molar-refractivity contribution < 1.29 is 13.9 Å². The van der Waals surface area contributed by atoms with Gasteiger partial charge in [-0.1, -0.05) is 38.6 Å². The van der Waals surface area contributed by atoms with Crippen molar-refractivity contribution in [1.29, 1.82) is 0 Å². The van der Waals surface area contributed by atoms with E-state index in [1.807, 2.05) is 32.0 Å². The largest absolute Gasteiger partial charge is 0.493 e. The van der Waals surface area contributed by atoms with E-state index in [-0.39, 0.29) is 5.12 Å². The Kier molecular flexibility index (Phi) is 6.54. The van der Waals surface area contributed by atoms with Crippen molar-refractivity contribution in [2.45, 2.75) is 40.2 Å². The molecule has 0 aliphatic carbocycles. The maximum atomic E-state index is 12.1. The molecule has 0 bridgehead atoms. The fraction of sp³-hybridized carbons (Fsp3) is 0.500. The van der Waals surface area contributed by atoms with E-state index in [1.165, 1.54) is 11.8 Å². The maximum Gasteiger partial charge on any atom is 0.254 e. The summed E-state index contributed by atoms with van der Waals surface area (Å²) in [6.45, 7) is 9.70. The molecule has 1 heterocycles. The van der Waals surface area contributed by atoms with Crippen LogP contribution in [0, 0.1) is 6.92 Å². The molecule has 126 valence electrons. The van der Waals surface area contributed by atoms with Gasteiger partial charge in [-0.15, -0.1) is 0 Å². The molecule has 1 aromatic heterocycles. The van der Waals surface area contributed by atoms with Gasteiger partial charge in [-0.2, -0.15) is 0 Å². The highest BCUT2D eigenvalue weighted by Crippen LogP contribution is 2.34. The van der Waals surface area contributed by atoms with E-state index in [2.05, 4.69) is 19.2 Å². The molecule has 0 saturated carbocycles. The molecular weight excluding hydrogens is 310 g/mol. The Bertz CT molecular complexity index is 664. The molecular formula is C18H25NO3S. The zero-order valence-corrected chi connectivity index (χ0v) is 15.1. The second kappa shape index (κ2) is 8.41. The lowest BCUT2D eigenvalue weighted by atomic mass is 10.1. The summed E-state index contributed by atoms with van der Waals surface area (Å²) in [7, 11) is 0. The number of aryl methyl sites for hydroxylation is 1. The molecule has 1 N–H and O–H groups in total. The number of ether oxygens (including phenoxy) is 1.